The number of hydrogen-bond acceptors (Lipinski definition) is 2. The first-order valence-electron chi connectivity index (χ1n) is 7.44. The molecule has 0 aliphatic heterocycles. The molecule has 4 nitrogen and oxygen atoms in total. The zero-order valence-corrected chi connectivity index (χ0v) is 12.8. The second-order valence-electron chi connectivity index (χ2n) is 5.55. The van der Waals surface area contributed by atoms with Gasteiger partial charge in [0.25, 0.3) is 0 Å². The first-order valence-corrected chi connectivity index (χ1v) is 7.44. The van der Waals surface area contributed by atoms with Gasteiger partial charge < -0.3 is 9.47 Å². The van der Waals surface area contributed by atoms with E-state index in [4.69, 9.17) is 0 Å². The average Bonchev–Trinajstić information content (AvgIpc) is 2.91. The number of para-hydroxylation sites is 3. The van der Waals surface area contributed by atoms with Crippen LogP contribution in [-0.2, 0) is 11.3 Å². The molecule has 0 saturated carbocycles. The second-order valence-corrected chi connectivity index (χ2v) is 5.55. The standard InChI is InChI=1S/C18H19N3O/c1-14(2)21(15-8-4-3-5-9-15)18(22)12-20-13-19-16-10-6-7-11-17(16)20/h3-11,13-14H,12H2,1-2H3. The second kappa shape index (κ2) is 6.02. The largest absolute Gasteiger partial charge is 0.321 e. The van der Waals surface area contributed by atoms with Crippen molar-refractivity contribution < 1.29 is 4.79 Å². The Morgan fingerprint density at radius 3 is 2.50 bits per heavy atom. The van der Waals surface area contributed by atoms with E-state index < -0.39 is 0 Å². The molecule has 3 rings (SSSR count). The van der Waals surface area contributed by atoms with Gasteiger partial charge in [-0.05, 0) is 38.1 Å². The Balaban J connectivity index is 1.89. The molecule has 0 spiro atoms. The SMILES string of the molecule is CC(C)N(C(=O)Cn1cnc2ccccc21)c1ccccc1. The van der Waals surface area contributed by atoms with Crippen LogP contribution in [0.3, 0.4) is 0 Å². The van der Waals surface area contributed by atoms with Crippen LogP contribution in [0.2, 0.25) is 0 Å². The first kappa shape index (κ1) is 14.3. The van der Waals surface area contributed by atoms with Crippen molar-refractivity contribution in [2.24, 2.45) is 0 Å². The van der Waals surface area contributed by atoms with Crippen LogP contribution in [0.4, 0.5) is 5.69 Å². The highest BCUT2D eigenvalue weighted by molar-refractivity contribution is 5.94. The first-order chi connectivity index (χ1) is 10.7. The van der Waals surface area contributed by atoms with Gasteiger partial charge in [-0.2, -0.15) is 0 Å². The van der Waals surface area contributed by atoms with Crippen molar-refractivity contribution >= 4 is 22.6 Å². The van der Waals surface area contributed by atoms with E-state index in [1.807, 2.05) is 77.9 Å². The quantitative estimate of drug-likeness (QED) is 0.738. The number of aromatic nitrogens is 2. The van der Waals surface area contributed by atoms with Crippen LogP contribution in [-0.4, -0.2) is 21.5 Å². The summed E-state index contributed by atoms with van der Waals surface area (Å²) >= 11 is 0. The zero-order chi connectivity index (χ0) is 15.5. The number of carbonyl (C=O) groups is 1. The molecule has 112 valence electrons. The van der Waals surface area contributed by atoms with Gasteiger partial charge in [0, 0.05) is 11.7 Å². The number of nitrogens with zero attached hydrogens (tertiary/aromatic N) is 3. The number of hydrogen-bond donors (Lipinski definition) is 0. The zero-order valence-electron chi connectivity index (χ0n) is 12.8. The van der Waals surface area contributed by atoms with Crippen LogP contribution in [0.1, 0.15) is 13.8 Å². The molecular weight excluding hydrogens is 274 g/mol. The highest BCUT2D eigenvalue weighted by Gasteiger charge is 2.19. The Kier molecular flexibility index (Phi) is 3.92. The highest BCUT2D eigenvalue weighted by Crippen LogP contribution is 2.18. The molecule has 0 N–H and O–H groups in total. The van der Waals surface area contributed by atoms with Gasteiger partial charge in [-0.3, -0.25) is 4.79 Å². The van der Waals surface area contributed by atoms with Crippen molar-refractivity contribution in [1.29, 1.82) is 0 Å². The molecule has 1 aromatic heterocycles. The van der Waals surface area contributed by atoms with E-state index in [0.717, 1.165) is 16.7 Å². The van der Waals surface area contributed by atoms with Crippen LogP contribution in [0, 0.1) is 0 Å². The van der Waals surface area contributed by atoms with Gasteiger partial charge >= 0.3 is 0 Å². The van der Waals surface area contributed by atoms with Gasteiger partial charge in [-0.25, -0.2) is 4.98 Å². The van der Waals surface area contributed by atoms with E-state index in [9.17, 15) is 4.79 Å². The molecule has 1 amide bonds. The van der Waals surface area contributed by atoms with E-state index in [1.165, 1.54) is 0 Å². The molecule has 0 aliphatic carbocycles. The lowest BCUT2D eigenvalue weighted by Crippen LogP contribution is -2.39. The molecule has 0 saturated heterocycles. The van der Waals surface area contributed by atoms with Gasteiger partial charge in [0.15, 0.2) is 0 Å². The normalized spacial score (nSPS) is 11.0. The Labute approximate surface area is 130 Å². The van der Waals surface area contributed by atoms with Gasteiger partial charge in [0.05, 0.1) is 17.4 Å². The van der Waals surface area contributed by atoms with Crippen LogP contribution in [0.15, 0.2) is 60.9 Å². The summed E-state index contributed by atoms with van der Waals surface area (Å²) in [6.45, 7) is 4.33. The molecule has 0 fully saturated rings. The minimum Gasteiger partial charge on any atom is -0.321 e. The van der Waals surface area contributed by atoms with Gasteiger partial charge in [-0.15, -0.1) is 0 Å². The Morgan fingerprint density at radius 2 is 1.77 bits per heavy atom. The fourth-order valence-corrected chi connectivity index (χ4v) is 2.68. The molecule has 3 aromatic rings. The Morgan fingerprint density at radius 1 is 1.09 bits per heavy atom. The molecule has 2 aromatic carbocycles. The van der Waals surface area contributed by atoms with Crippen molar-refractivity contribution in [2.45, 2.75) is 26.4 Å². The summed E-state index contributed by atoms with van der Waals surface area (Å²) in [6, 6.07) is 17.7. The summed E-state index contributed by atoms with van der Waals surface area (Å²) in [7, 11) is 0. The summed E-state index contributed by atoms with van der Waals surface area (Å²) < 4.78 is 1.90. The average molecular weight is 293 g/mol. The third-order valence-electron chi connectivity index (χ3n) is 3.65. The van der Waals surface area contributed by atoms with E-state index in [0.29, 0.717) is 0 Å². The summed E-state index contributed by atoms with van der Waals surface area (Å²) in [4.78, 5) is 18.9. The fourth-order valence-electron chi connectivity index (χ4n) is 2.68. The van der Waals surface area contributed by atoms with Crippen molar-refractivity contribution in [3.8, 4) is 0 Å². The van der Waals surface area contributed by atoms with Gasteiger partial charge in [0.2, 0.25) is 5.91 Å². The molecule has 0 bridgehead atoms. The Hall–Kier alpha value is -2.62. The van der Waals surface area contributed by atoms with Gasteiger partial charge in [-0.1, -0.05) is 30.3 Å². The molecule has 0 atom stereocenters. The van der Waals surface area contributed by atoms with E-state index in [1.54, 1.807) is 6.33 Å². The van der Waals surface area contributed by atoms with Crippen molar-refractivity contribution in [1.82, 2.24) is 9.55 Å². The maximum Gasteiger partial charge on any atom is 0.247 e. The maximum absolute atomic E-state index is 12.8. The summed E-state index contributed by atoms with van der Waals surface area (Å²) in [5, 5.41) is 0. The number of imidazole rings is 1. The lowest BCUT2D eigenvalue weighted by Gasteiger charge is -2.27. The van der Waals surface area contributed by atoms with Crippen LogP contribution >= 0.6 is 0 Å². The summed E-state index contributed by atoms with van der Waals surface area (Å²) in [5.41, 5.74) is 2.81. The third-order valence-corrected chi connectivity index (χ3v) is 3.65. The minimum atomic E-state index is 0.0596. The molecule has 4 heteroatoms. The van der Waals surface area contributed by atoms with Crippen LogP contribution in [0.25, 0.3) is 11.0 Å². The summed E-state index contributed by atoms with van der Waals surface area (Å²) in [6.07, 6.45) is 1.73. The fraction of sp³-hybridized carbons (Fsp3) is 0.222. The van der Waals surface area contributed by atoms with Crippen molar-refractivity contribution in [2.75, 3.05) is 4.90 Å². The number of rotatable bonds is 4. The van der Waals surface area contributed by atoms with Gasteiger partial charge in [0.1, 0.15) is 6.54 Å². The predicted molar refractivity (Wildman–Crippen MR) is 88.8 cm³/mol. The van der Waals surface area contributed by atoms with E-state index >= 15 is 0 Å². The number of benzene rings is 2. The monoisotopic (exact) mass is 293 g/mol. The summed E-state index contributed by atoms with van der Waals surface area (Å²) in [5.74, 6) is 0.0596. The van der Waals surface area contributed by atoms with Crippen LogP contribution < -0.4 is 4.90 Å². The molecule has 22 heavy (non-hydrogen) atoms. The van der Waals surface area contributed by atoms with E-state index in [2.05, 4.69) is 4.98 Å². The highest BCUT2D eigenvalue weighted by atomic mass is 16.2. The topological polar surface area (TPSA) is 38.1 Å². The molecule has 0 aliphatic rings. The Bertz CT molecular complexity index is 777. The minimum absolute atomic E-state index is 0.0596. The van der Waals surface area contributed by atoms with Crippen LogP contribution in [0.5, 0.6) is 0 Å². The lowest BCUT2D eigenvalue weighted by atomic mass is 10.2. The predicted octanol–water partition coefficient (Wildman–Crippen LogP) is 3.48. The van der Waals surface area contributed by atoms with E-state index in [-0.39, 0.29) is 18.5 Å². The number of anilines is 1. The molecule has 0 radical (unpaired) electrons. The molecule has 0 unspecified atom stereocenters. The lowest BCUT2D eigenvalue weighted by molar-refractivity contribution is -0.119. The maximum atomic E-state index is 12.8. The third kappa shape index (κ3) is 2.72. The number of fused-ring (bicyclic) bond motifs is 1. The number of carbonyl (C=O) groups excluding carboxylic acids is 1. The smallest absolute Gasteiger partial charge is 0.247 e. The number of amides is 1. The van der Waals surface area contributed by atoms with Crippen molar-refractivity contribution in [3.63, 3.8) is 0 Å². The molecular formula is C18H19N3O. The molecule has 1 heterocycles. The van der Waals surface area contributed by atoms with Crippen molar-refractivity contribution in [3.05, 3.63) is 60.9 Å².